The van der Waals surface area contributed by atoms with Crippen LogP contribution in [0.3, 0.4) is 0 Å². The quantitative estimate of drug-likeness (QED) is 0.435. The minimum atomic E-state index is -0.983. The van der Waals surface area contributed by atoms with E-state index in [1.54, 1.807) is 32.9 Å². The lowest BCUT2D eigenvalue weighted by atomic mass is 9.94. The van der Waals surface area contributed by atoms with Crippen molar-refractivity contribution in [2.45, 2.75) is 89.9 Å². The molecule has 2 unspecified atom stereocenters. The maximum atomic E-state index is 14.1. The number of benzene rings is 2. The largest absolute Gasteiger partial charge is 0.508 e. The zero-order valence-electron chi connectivity index (χ0n) is 22.9. The lowest BCUT2D eigenvalue weighted by Crippen LogP contribution is -2.54. The van der Waals surface area contributed by atoms with Gasteiger partial charge in [-0.2, -0.15) is 0 Å². The number of carbonyl (C=O) groups excluding carboxylic acids is 3. The Balaban J connectivity index is 1.92. The van der Waals surface area contributed by atoms with Crippen LogP contribution in [0, 0.1) is 0 Å². The smallest absolute Gasteiger partial charge is 0.408 e. The summed E-state index contributed by atoms with van der Waals surface area (Å²) < 4.78 is 5.44. The van der Waals surface area contributed by atoms with Crippen molar-refractivity contribution in [1.29, 1.82) is 0 Å². The fourth-order valence-corrected chi connectivity index (χ4v) is 4.82. The highest BCUT2D eigenvalue weighted by molar-refractivity contribution is 5.92. The maximum Gasteiger partial charge on any atom is 0.408 e. The monoisotopic (exact) mass is 523 g/mol. The van der Waals surface area contributed by atoms with Crippen LogP contribution >= 0.6 is 0 Å². The van der Waals surface area contributed by atoms with Crippen molar-refractivity contribution in [3.8, 4) is 5.75 Å². The van der Waals surface area contributed by atoms with E-state index >= 15 is 0 Å². The number of hydrogen-bond acceptors (Lipinski definition) is 5. The van der Waals surface area contributed by atoms with Crippen LogP contribution in [0.5, 0.6) is 5.75 Å². The molecule has 0 bridgehead atoms. The molecule has 3 amide bonds. The summed E-state index contributed by atoms with van der Waals surface area (Å²) in [6.07, 6.45) is 4.63. The van der Waals surface area contributed by atoms with E-state index < -0.39 is 23.8 Å². The fraction of sp³-hybridized carbons (Fsp3) is 0.500. The van der Waals surface area contributed by atoms with Crippen LogP contribution in [-0.4, -0.2) is 52.1 Å². The van der Waals surface area contributed by atoms with Crippen molar-refractivity contribution in [3.05, 3.63) is 65.7 Å². The molecule has 2 aromatic rings. The summed E-state index contributed by atoms with van der Waals surface area (Å²) in [5, 5.41) is 15.6. The summed E-state index contributed by atoms with van der Waals surface area (Å²) in [6, 6.07) is 14.0. The third kappa shape index (κ3) is 8.50. The van der Waals surface area contributed by atoms with Gasteiger partial charge in [-0.1, -0.05) is 61.7 Å². The van der Waals surface area contributed by atoms with E-state index in [1.807, 2.05) is 37.3 Å². The van der Waals surface area contributed by atoms with Gasteiger partial charge in [-0.05, 0) is 63.8 Å². The predicted octanol–water partition coefficient (Wildman–Crippen LogP) is 4.87. The van der Waals surface area contributed by atoms with Gasteiger partial charge >= 0.3 is 6.09 Å². The van der Waals surface area contributed by atoms with E-state index in [2.05, 4.69) is 10.6 Å². The first-order valence-corrected chi connectivity index (χ1v) is 13.5. The summed E-state index contributed by atoms with van der Waals surface area (Å²) in [5.41, 5.74) is 0.709. The molecule has 8 nitrogen and oxygen atoms in total. The molecule has 0 aromatic heterocycles. The molecule has 1 saturated carbocycles. The predicted molar refractivity (Wildman–Crippen MR) is 147 cm³/mol. The summed E-state index contributed by atoms with van der Waals surface area (Å²) in [7, 11) is 0. The normalized spacial score (nSPS) is 15.7. The Bertz CT molecular complexity index is 1060. The molecule has 8 heteroatoms. The zero-order valence-corrected chi connectivity index (χ0v) is 22.9. The molecule has 0 heterocycles. The number of phenolic OH excluding ortho intramolecular Hbond substituents is 1. The van der Waals surface area contributed by atoms with Crippen molar-refractivity contribution in [1.82, 2.24) is 15.5 Å². The topological polar surface area (TPSA) is 108 Å². The molecule has 0 radical (unpaired) electrons. The van der Waals surface area contributed by atoms with E-state index in [1.165, 1.54) is 23.5 Å². The Morgan fingerprint density at radius 1 is 1.00 bits per heavy atom. The van der Waals surface area contributed by atoms with E-state index in [-0.39, 0.29) is 36.6 Å². The number of likely N-dealkylation sites (N-methyl/N-ethyl adjacent to an activating group) is 1. The Labute approximate surface area is 225 Å². The van der Waals surface area contributed by atoms with Crippen LogP contribution < -0.4 is 10.6 Å². The molecule has 3 N–H and O–H groups in total. The van der Waals surface area contributed by atoms with Gasteiger partial charge in [0.15, 0.2) is 0 Å². The fourth-order valence-electron chi connectivity index (χ4n) is 4.82. The van der Waals surface area contributed by atoms with Crippen molar-refractivity contribution in [2.75, 3.05) is 6.54 Å². The van der Waals surface area contributed by atoms with Crippen LogP contribution in [0.25, 0.3) is 0 Å². The molecule has 38 heavy (non-hydrogen) atoms. The Kier molecular flexibility index (Phi) is 10.2. The third-order valence-corrected chi connectivity index (χ3v) is 6.62. The molecule has 1 aliphatic rings. The van der Waals surface area contributed by atoms with Crippen molar-refractivity contribution in [3.63, 3.8) is 0 Å². The van der Waals surface area contributed by atoms with Gasteiger partial charge in [-0.25, -0.2) is 4.79 Å². The third-order valence-electron chi connectivity index (χ3n) is 6.62. The van der Waals surface area contributed by atoms with Crippen molar-refractivity contribution in [2.24, 2.45) is 0 Å². The van der Waals surface area contributed by atoms with Gasteiger partial charge in [0, 0.05) is 19.0 Å². The summed E-state index contributed by atoms with van der Waals surface area (Å²) in [6.45, 7) is 7.35. The highest BCUT2D eigenvalue weighted by atomic mass is 16.6. The summed E-state index contributed by atoms with van der Waals surface area (Å²) in [5.74, 6) is -0.506. The summed E-state index contributed by atoms with van der Waals surface area (Å²) >= 11 is 0. The van der Waals surface area contributed by atoms with Gasteiger partial charge in [-0.15, -0.1) is 0 Å². The van der Waals surface area contributed by atoms with Crippen LogP contribution in [0.4, 0.5) is 4.79 Å². The molecular formula is C30H41N3O5. The average molecular weight is 524 g/mol. The van der Waals surface area contributed by atoms with E-state index in [0.29, 0.717) is 5.56 Å². The molecule has 1 fully saturated rings. The van der Waals surface area contributed by atoms with E-state index in [4.69, 9.17) is 4.74 Å². The van der Waals surface area contributed by atoms with Gasteiger partial charge in [0.2, 0.25) is 11.8 Å². The molecule has 3 rings (SSSR count). The number of carbonyl (C=O) groups is 3. The molecule has 2 aromatic carbocycles. The number of ether oxygens (including phenoxy) is 1. The standard InChI is InChI=1S/C30H41N3O5/c1-5-33(26(22-12-8-6-9-13-22)27(35)31-23-14-10-7-11-15-23)28(36)25(32-29(37)38-30(2,3)4)20-21-16-18-24(34)19-17-21/h6,8-9,12-13,16-19,23,25-26,34H,5,7,10-11,14-15,20H2,1-4H3,(H,31,35)(H,32,37). The van der Waals surface area contributed by atoms with E-state index in [9.17, 15) is 19.5 Å². The Morgan fingerprint density at radius 3 is 2.21 bits per heavy atom. The van der Waals surface area contributed by atoms with E-state index in [0.717, 1.165) is 31.2 Å². The van der Waals surface area contributed by atoms with Crippen molar-refractivity contribution >= 4 is 17.9 Å². The first kappa shape index (κ1) is 29.0. The number of alkyl carbamates (subject to hydrolysis) is 1. The van der Waals surface area contributed by atoms with Crippen LogP contribution in [0.2, 0.25) is 0 Å². The number of phenols is 1. The molecular weight excluding hydrogens is 482 g/mol. The zero-order chi connectivity index (χ0) is 27.7. The van der Waals surface area contributed by atoms with Crippen LogP contribution in [0.1, 0.15) is 77.0 Å². The SMILES string of the molecule is CCN(C(=O)C(Cc1ccc(O)cc1)NC(=O)OC(C)(C)C)C(C(=O)NC1CCCCC1)c1ccccc1. The lowest BCUT2D eigenvalue weighted by Gasteiger charge is -2.35. The minimum absolute atomic E-state index is 0.0870. The number of amides is 3. The maximum absolute atomic E-state index is 14.1. The number of nitrogens with one attached hydrogen (secondary N) is 2. The second kappa shape index (κ2) is 13.3. The molecule has 206 valence electrons. The first-order valence-electron chi connectivity index (χ1n) is 13.5. The number of hydrogen-bond donors (Lipinski definition) is 3. The van der Waals surface area contributed by atoms with Gasteiger partial charge in [-0.3, -0.25) is 9.59 Å². The lowest BCUT2D eigenvalue weighted by molar-refractivity contribution is -0.142. The minimum Gasteiger partial charge on any atom is -0.508 e. The van der Waals surface area contributed by atoms with Crippen molar-refractivity contribution < 1.29 is 24.2 Å². The van der Waals surface area contributed by atoms with Crippen LogP contribution in [0.15, 0.2) is 54.6 Å². The van der Waals surface area contributed by atoms with Gasteiger partial charge in [0.25, 0.3) is 0 Å². The summed E-state index contributed by atoms with van der Waals surface area (Å²) in [4.78, 5) is 42.1. The highest BCUT2D eigenvalue weighted by Crippen LogP contribution is 2.25. The number of aromatic hydroxyl groups is 1. The van der Waals surface area contributed by atoms with Crippen LogP contribution in [-0.2, 0) is 20.7 Å². The molecule has 0 spiro atoms. The average Bonchev–Trinajstić information content (AvgIpc) is 2.87. The molecule has 1 aliphatic carbocycles. The van der Waals surface area contributed by atoms with Gasteiger partial charge in [0.05, 0.1) is 0 Å². The first-order chi connectivity index (χ1) is 18.1. The number of rotatable bonds is 9. The molecule has 2 atom stereocenters. The Morgan fingerprint density at radius 2 is 1.63 bits per heavy atom. The van der Waals surface area contributed by atoms with Gasteiger partial charge < -0.3 is 25.4 Å². The Hall–Kier alpha value is -3.55. The second-order valence-electron chi connectivity index (χ2n) is 10.9. The second-order valence-corrected chi connectivity index (χ2v) is 10.9. The molecule has 0 aliphatic heterocycles. The molecule has 0 saturated heterocycles. The van der Waals surface area contributed by atoms with Gasteiger partial charge in [0.1, 0.15) is 23.4 Å². The number of nitrogens with zero attached hydrogens (tertiary/aromatic N) is 1. The highest BCUT2D eigenvalue weighted by Gasteiger charge is 2.36.